The lowest BCUT2D eigenvalue weighted by Gasteiger charge is -2.33. The van der Waals surface area contributed by atoms with E-state index in [0.717, 1.165) is 30.6 Å². The van der Waals surface area contributed by atoms with E-state index in [2.05, 4.69) is 15.0 Å². The molecule has 1 saturated heterocycles. The second kappa shape index (κ2) is 8.25. The third-order valence-corrected chi connectivity index (χ3v) is 5.09. The summed E-state index contributed by atoms with van der Waals surface area (Å²) in [6.45, 7) is 1.35. The Labute approximate surface area is 163 Å². The Morgan fingerprint density at radius 2 is 1.93 bits per heavy atom. The van der Waals surface area contributed by atoms with Crippen LogP contribution in [0.2, 0.25) is 0 Å². The molecule has 0 saturated carbocycles. The fraction of sp³-hybridized carbons (Fsp3) is 0.273. The molecule has 1 aliphatic rings. The number of hydrogen-bond donors (Lipinski definition) is 0. The molecule has 1 aliphatic heterocycles. The first-order valence-corrected chi connectivity index (χ1v) is 9.44. The molecular weight excluding hydrogens is 355 g/mol. The highest BCUT2D eigenvalue weighted by Crippen LogP contribution is 2.32. The third kappa shape index (κ3) is 4.06. The van der Waals surface area contributed by atoms with Gasteiger partial charge < -0.3 is 4.90 Å². The Bertz CT molecular complexity index is 964. The first-order chi connectivity index (χ1) is 13.7. The Morgan fingerprint density at radius 3 is 2.75 bits per heavy atom. The molecular formula is C22H21FN4O. The smallest absolute Gasteiger partial charge is 0.227 e. The van der Waals surface area contributed by atoms with Crippen LogP contribution in [-0.4, -0.2) is 38.8 Å². The minimum Gasteiger partial charge on any atom is -0.342 e. The number of carbonyl (C=O) groups excluding carboxylic acids is 1. The molecule has 1 fully saturated rings. The number of amides is 1. The molecule has 1 aromatic carbocycles. The van der Waals surface area contributed by atoms with E-state index < -0.39 is 0 Å². The SMILES string of the molecule is O=C(Cc1ccncc1)N1CCC[C@H](c2nccnc2-c2cccc(F)c2)C1. The maximum atomic E-state index is 13.7. The average molecular weight is 376 g/mol. The molecule has 0 unspecified atom stereocenters. The number of aromatic nitrogens is 3. The van der Waals surface area contributed by atoms with E-state index in [4.69, 9.17) is 0 Å². The van der Waals surface area contributed by atoms with Crippen LogP contribution in [0.3, 0.4) is 0 Å². The van der Waals surface area contributed by atoms with Crippen LogP contribution in [0.5, 0.6) is 0 Å². The molecule has 3 aromatic rings. The number of pyridine rings is 1. The van der Waals surface area contributed by atoms with Gasteiger partial charge in [-0.15, -0.1) is 0 Å². The number of likely N-dealkylation sites (tertiary alicyclic amines) is 1. The van der Waals surface area contributed by atoms with Gasteiger partial charge in [-0.3, -0.25) is 19.7 Å². The molecule has 3 heterocycles. The van der Waals surface area contributed by atoms with E-state index in [-0.39, 0.29) is 17.6 Å². The summed E-state index contributed by atoms with van der Waals surface area (Å²) in [5.74, 6) is -0.110. The summed E-state index contributed by atoms with van der Waals surface area (Å²) in [5.41, 5.74) is 3.19. The summed E-state index contributed by atoms with van der Waals surface area (Å²) in [4.78, 5) is 27.7. The maximum Gasteiger partial charge on any atom is 0.227 e. The van der Waals surface area contributed by atoms with E-state index in [1.165, 1.54) is 12.1 Å². The van der Waals surface area contributed by atoms with Crippen LogP contribution in [0.25, 0.3) is 11.3 Å². The van der Waals surface area contributed by atoms with Gasteiger partial charge in [0.25, 0.3) is 0 Å². The quantitative estimate of drug-likeness (QED) is 0.698. The van der Waals surface area contributed by atoms with E-state index >= 15 is 0 Å². The molecule has 28 heavy (non-hydrogen) atoms. The number of benzene rings is 1. The Morgan fingerprint density at radius 1 is 1.11 bits per heavy atom. The highest BCUT2D eigenvalue weighted by Gasteiger charge is 2.28. The van der Waals surface area contributed by atoms with Gasteiger partial charge >= 0.3 is 0 Å². The predicted molar refractivity (Wildman–Crippen MR) is 104 cm³/mol. The first kappa shape index (κ1) is 18.2. The molecule has 142 valence electrons. The Kier molecular flexibility index (Phi) is 5.37. The lowest BCUT2D eigenvalue weighted by atomic mass is 9.91. The number of carbonyl (C=O) groups is 1. The van der Waals surface area contributed by atoms with Crippen LogP contribution in [0, 0.1) is 5.82 Å². The summed E-state index contributed by atoms with van der Waals surface area (Å²) >= 11 is 0. The van der Waals surface area contributed by atoms with Crippen molar-refractivity contribution in [3.05, 3.63) is 78.3 Å². The lowest BCUT2D eigenvalue weighted by molar-refractivity contribution is -0.131. The van der Waals surface area contributed by atoms with Crippen molar-refractivity contribution in [2.24, 2.45) is 0 Å². The van der Waals surface area contributed by atoms with Crippen molar-refractivity contribution in [1.29, 1.82) is 0 Å². The molecule has 0 aliphatic carbocycles. The standard InChI is InChI=1S/C22H21FN4O/c23-19-5-1-3-17(14-19)21-22(26-11-10-25-21)18-4-2-12-27(15-18)20(28)13-16-6-8-24-9-7-16/h1,3,5-11,14,18H,2,4,12-13,15H2/t18-/m0/s1. The van der Waals surface area contributed by atoms with Crippen molar-refractivity contribution < 1.29 is 9.18 Å². The fourth-order valence-electron chi connectivity index (χ4n) is 3.72. The van der Waals surface area contributed by atoms with Crippen molar-refractivity contribution >= 4 is 5.91 Å². The molecule has 4 rings (SSSR count). The summed E-state index contributed by atoms with van der Waals surface area (Å²) in [7, 11) is 0. The number of halogens is 1. The molecule has 0 N–H and O–H groups in total. The van der Waals surface area contributed by atoms with Crippen LogP contribution in [-0.2, 0) is 11.2 Å². The second-order valence-electron chi connectivity index (χ2n) is 7.01. The van der Waals surface area contributed by atoms with Crippen molar-refractivity contribution in [2.45, 2.75) is 25.2 Å². The van der Waals surface area contributed by atoms with Gasteiger partial charge in [-0.1, -0.05) is 12.1 Å². The van der Waals surface area contributed by atoms with E-state index in [1.54, 1.807) is 30.9 Å². The van der Waals surface area contributed by atoms with Gasteiger partial charge in [0.2, 0.25) is 5.91 Å². The van der Waals surface area contributed by atoms with Crippen molar-refractivity contribution in [2.75, 3.05) is 13.1 Å². The van der Waals surface area contributed by atoms with Crippen molar-refractivity contribution in [1.82, 2.24) is 19.9 Å². The number of rotatable bonds is 4. The van der Waals surface area contributed by atoms with Gasteiger partial charge in [0, 0.05) is 49.4 Å². The largest absolute Gasteiger partial charge is 0.342 e. The van der Waals surface area contributed by atoms with Gasteiger partial charge in [0.05, 0.1) is 17.8 Å². The van der Waals surface area contributed by atoms with Crippen LogP contribution in [0.4, 0.5) is 4.39 Å². The number of hydrogen-bond acceptors (Lipinski definition) is 4. The second-order valence-corrected chi connectivity index (χ2v) is 7.01. The van der Waals surface area contributed by atoms with Crippen molar-refractivity contribution in [3.63, 3.8) is 0 Å². The monoisotopic (exact) mass is 376 g/mol. The maximum absolute atomic E-state index is 13.7. The van der Waals surface area contributed by atoms with Crippen molar-refractivity contribution in [3.8, 4) is 11.3 Å². The normalized spacial score (nSPS) is 16.8. The van der Waals surface area contributed by atoms with Gasteiger partial charge in [-0.2, -0.15) is 0 Å². The average Bonchev–Trinajstić information content (AvgIpc) is 2.74. The van der Waals surface area contributed by atoms with E-state index in [1.807, 2.05) is 23.1 Å². The van der Waals surface area contributed by atoms with Crippen LogP contribution < -0.4 is 0 Å². The molecule has 1 amide bonds. The molecule has 5 nitrogen and oxygen atoms in total. The number of piperidine rings is 1. The molecule has 0 spiro atoms. The van der Waals surface area contributed by atoms with Crippen LogP contribution >= 0.6 is 0 Å². The topological polar surface area (TPSA) is 59.0 Å². The first-order valence-electron chi connectivity index (χ1n) is 9.44. The lowest BCUT2D eigenvalue weighted by Crippen LogP contribution is -2.40. The van der Waals surface area contributed by atoms with Gasteiger partial charge in [0.1, 0.15) is 5.82 Å². The minimum atomic E-state index is -0.299. The highest BCUT2D eigenvalue weighted by molar-refractivity contribution is 5.79. The zero-order chi connectivity index (χ0) is 19.3. The third-order valence-electron chi connectivity index (χ3n) is 5.09. The summed E-state index contributed by atoms with van der Waals surface area (Å²) in [5, 5.41) is 0. The van der Waals surface area contributed by atoms with Crippen LogP contribution in [0.15, 0.2) is 61.2 Å². The molecule has 0 radical (unpaired) electrons. The zero-order valence-electron chi connectivity index (χ0n) is 15.5. The Hall–Kier alpha value is -3.15. The molecule has 2 aromatic heterocycles. The zero-order valence-corrected chi connectivity index (χ0v) is 15.5. The Balaban J connectivity index is 1.55. The summed E-state index contributed by atoms with van der Waals surface area (Å²) in [6.07, 6.45) is 8.89. The van der Waals surface area contributed by atoms with Gasteiger partial charge in [-0.05, 0) is 42.7 Å². The number of nitrogens with zero attached hydrogens (tertiary/aromatic N) is 4. The van der Waals surface area contributed by atoms with Gasteiger partial charge in [0.15, 0.2) is 0 Å². The fourth-order valence-corrected chi connectivity index (χ4v) is 3.72. The molecule has 1 atom stereocenters. The predicted octanol–water partition coefficient (Wildman–Crippen LogP) is 3.63. The minimum absolute atomic E-state index is 0.0853. The van der Waals surface area contributed by atoms with E-state index in [0.29, 0.717) is 24.2 Å². The van der Waals surface area contributed by atoms with Gasteiger partial charge in [-0.25, -0.2) is 4.39 Å². The summed E-state index contributed by atoms with van der Waals surface area (Å²) in [6, 6.07) is 10.1. The molecule has 6 heteroatoms. The highest BCUT2D eigenvalue weighted by atomic mass is 19.1. The summed E-state index contributed by atoms with van der Waals surface area (Å²) < 4.78 is 13.7. The molecule has 0 bridgehead atoms. The van der Waals surface area contributed by atoms with Crippen LogP contribution in [0.1, 0.15) is 30.0 Å². The van der Waals surface area contributed by atoms with E-state index in [9.17, 15) is 9.18 Å².